The number of rotatable bonds is 3. The first-order chi connectivity index (χ1) is 5.36. The van der Waals surface area contributed by atoms with Crippen molar-refractivity contribution >= 4 is 17.9 Å². The Balaban J connectivity index is 2.74. The van der Waals surface area contributed by atoms with Crippen LogP contribution in [0.15, 0.2) is 30.8 Å². The van der Waals surface area contributed by atoms with Gasteiger partial charge < -0.3 is 0 Å². The van der Waals surface area contributed by atoms with E-state index in [-0.39, 0.29) is 0 Å². The van der Waals surface area contributed by atoms with Crippen molar-refractivity contribution in [1.82, 2.24) is 4.84 Å². The largest absolute Gasteiger partial charge is 0.229 e. The molecule has 2 heteroatoms. The highest BCUT2D eigenvalue weighted by molar-refractivity contribution is 6.13. The summed E-state index contributed by atoms with van der Waals surface area (Å²) in [5, 5.41) is 0. The maximum atomic E-state index is 5.34. The predicted octanol–water partition coefficient (Wildman–Crippen LogP) is 2.57. The van der Waals surface area contributed by atoms with Gasteiger partial charge in [0.25, 0.3) is 0 Å². The summed E-state index contributed by atoms with van der Waals surface area (Å²) < 4.78 is 0. The van der Waals surface area contributed by atoms with Gasteiger partial charge in [0.1, 0.15) is 0 Å². The highest BCUT2D eigenvalue weighted by Crippen LogP contribution is 2.04. The van der Waals surface area contributed by atoms with Gasteiger partial charge in [-0.1, -0.05) is 36.9 Å². The molecule has 0 saturated heterocycles. The molecule has 0 spiro atoms. The lowest BCUT2D eigenvalue weighted by Gasteiger charge is -1.97. The molecule has 0 atom stereocenters. The van der Waals surface area contributed by atoms with Crippen LogP contribution in [0.4, 0.5) is 0 Å². The second kappa shape index (κ2) is 4.16. The lowest BCUT2D eigenvalue weighted by Crippen LogP contribution is -1.97. The molecule has 0 aliphatic rings. The van der Waals surface area contributed by atoms with E-state index in [1.807, 2.05) is 30.3 Å². The molecule has 0 aliphatic heterocycles. The van der Waals surface area contributed by atoms with Crippen molar-refractivity contribution in [3.05, 3.63) is 42.0 Å². The zero-order chi connectivity index (χ0) is 8.10. The second-order valence-electron chi connectivity index (χ2n) is 2.26. The highest BCUT2D eigenvalue weighted by Gasteiger charge is 1.89. The normalized spacial score (nSPS) is 9.55. The van der Waals surface area contributed by atoms with E-state index in [4.69, 9.17) is 11.8 Å². The van der Waals surface area contributed by atoms with Crippen molar-refractivity contribution in [2.24, 2.45) is 0 Å². The Kier molecular flexibility index (Phi) is 3.14. The molecule has 1 N–H and O–H groups in total. The van der Waals surface area contributed by atoms with E-state index in [2.05, 4.69) is 11.4 Å². The molecule has 1 aromatic carbocycles. The van der Waals surface area contributed by atoms with E-state index >= 15 is 0 Å². The summed E-state index contributed by atoms with van der Waals surface area (Å²) in [5.74, 6) is 0. The Morgan fingerprint density at radius 1 is 1.36 bits per heavy atom. The van der Waals surface area contributed by atoms with Crippen LogP contribution >= 0.6 is 11.8 Å². The summed E-state index contributed by atoms with van der Waals surface area (Å²) >= 11 is 5.34. The zero-order valence-corrected chi connectivity index (χ0v) is 6.93. The monoisotopic (exact) mass is 167 g/mol. The van der Waals surface area contributed by atoms with Gasteiger partial charge in [-0.2, -0.15) is 0 Å². The number of nitrogens with one attached hydrogen (secondary N) is 1. The number of hydrogen-bond donors (Lipinski definition) is 1. The van der Waals surface area contributed by atoms with Gasteiger partial charge in [-0.05, 0) is 22.9 Å². The van der Waals surface area contributed by atoms with E-state index in [1.165, 1.54) is 5.56 Å². The molecule has 0 aromatic heterocycles. The predicted molar refractivity (Wildman–Crippen MR) is 49.2 cm³/mol. The molecule has 1 nitrogen and oxygen atoms in total. The maximum absolute atomic E-state index is 5.34. The van der Waals surface area contributed by atoms with Crippen molar-refractivity contribution in [2.45, 2.75) is 6.54 Å². The van der Waals surface area contributed by atoms with Crippen LogP contribution in [-0.2, 0) is 6.54 Å². The van der Waals surface area contributed by atoms with Crippen LogP contribution in [0.25, 0.3) is 6.08 Å². The van der Waals surface area contributed by atoms with Crippen LogP contribution in [0.3, 0.4) is 0 Å². The zero-order valence-electron chi connectivity index (χ0n) is 6.18. The highest BCUT2D eigenvalue weighted by atomic mass is 35.5. The number of halogens is 1. The lowest BCUT2D eigenvalue weighted by atomic mass is 10.1. The molecule has 0 unspecified atom stereocenters. The summed E-state index contributed by atoms with van der Waals surface area (Å²) in [7, 11) is 0. The summed E-state index contributed by atoms with van der Waals surface area (Å²) in [6, 6.07) is 8.06. The van der Waals surface area contributed by atoms with Gasteiger partial charge in [-0.3, -0.25) is 0 Å². The molecule has 0 fully saturated rings. The Labute approximate surface area is 71.8 Å². The molecule has 0 bridgehead atoms. The molecule has 58 valence electrons. The maximum Gasteiger partial charge on any atom is 0.0359 e. The molecule has 11 heavy (non-hydrogen) atoms. The average molecular weight is 168 g/mol. The molecule has 0 amide bonds. The van der Waals surface area contributed by atoms with Gasteiger partial charge >= 0.3 is 0 Å². The summed E-state index contributed by atoms with van der Waals surface area (Å²) in [6.07, 6.45) is 1.82. The third-order valence-electron chi connectivity index (χ3n) is 1.49. The third kappa shape index (κ3) is 2.37. The van der Waals surface area contributed by atoms with Crippen LogP contribution < -0.4 is 4.84 Å². The minimum atomic E-state index is 0.693. The minimum Gasteiger partial charge on any atom is -0.229 e. The first-order valence-electron chi connectivity index (χ1n) is 3.41. The summed E-state index contributed by atoms with van der Waals surface area (Å²) in [5.41, 5.74) is 2.30. The van der Waals surface area contributed by atoms with Gasteiger partial charge in [0.15, 0.2) is 0 Å². The third-order valence-corrected chi connectivity index (χ3v) is 1.62. The molecule has 0 heterocycles. The molecule has 0 aliphatic carbocycles. The van der Waals surface area contributed by atoms with Crippen LogP contribution in [0.2, 0.25) is 0 Å². The fraction of sp³-hybridized carbons (Fsp3) is 0.111. The second-order valence-corrected chi connectivity index (χ2v) is 2.52. The molecular weight excluding hydrogens is 158 g/mol. The molecule has 0 saturated carbocycles. The average Bonchev–Trinajstić information content (AvgIpc) is 2.07. The molecule has 1 aromatic rings. The first-order valence-corrected chi connectivity index (χ1v) is 3.79. The van der Waals surface area contributed by atoms with Crippen molar-refractivity contribution in [3.63, 3.8) is 0 Å². The molecule has 0 radical (unpaired) electrons. The van der Waals surface area contributed by atoms with E-state index in [1.54, 1.807) is 0 Å². The summed E-state index contributed by atoms with van der Waals surface area (Å²) in [4.78, 5) is 2.57. The van der Waals surface area contributed by atoms with Gasteiger partial charge in [0.2, 0.25) is 0 Å². The van der Waals surface area contributed by atoms with Gasteiger partial charge in [0.05, 0.1) is 0 Å². The Morgan fingerprint density at radius 2 is 2.00 bits per heavy atom. The standard InChI is InChI=1S/C9H10ClN/c1-2-8-3-5-9(6-4-8)7-11-10/h2-6,11H,1,7H2. The van der Waals surface area contributed by atoms with Gasteiger partial charge in [0, 0.05) is 6.54 Å². The SMILES string of the molecule is C=Cc1ccc(CNCl)cc1. The van der Waals surface area contributed by atoms with E-state index in [0.717, 1.165) is 5.56 Å². The number of benzene rings is 1. The lowest BCUT2D eigenvalue weighted by molar-refractivity contribution is 0.964. The van der Waals surface area contributed by atoms with E-state index in [0.29, 0.717) is 6.54 Å². The first kappa shape index (κ1) is 8.31. The van der Waals surface area contributed by atoms with Crippen LogP contribution in [0.1, 0.15) is 11.1 Å². The van der Waals surface area contributed by atoms with Crippen LogP contribution in [0, 0.1) is 0 Å². The Hall–Kier alpha value is -0.790. The fourth-order valence-electron chi connectivity index (χ4n) is 0.849. The topological polar surface area (TPSA) is 12.0 Å². The number of hydrogen-bond acceptors (Lipinski definition) is 1. The van der Waals surface area contributed by atoms with E-state index < -0.39 is 0 Å². The van der Waals surface area contributed by atoms with Crippen LogP contribution in [-0.4, -0.2) is 0 Å². The summed E-state index contributed by atoms with van der Waals surface area (Å²) in [6.45, 7) is 4.36. The van der Waals surface area contributed by atoms with Gasteiger partial charge in [-0.25, -0.2) is 4.84 Å². The minimum absolute atomic E-state index is 0.693. The van der Waals surface area contributed by atoms with Crippen molar-refractivity contribution in [2.75, 3.05) is 0 Å². The van der Waals surface area contributed by atoms with Gasteiger partial charge in [-0.15, -0.1) is 0 Å². The fourth-order valence-corrected chi connectivity index (χ4v) is 1.00. The quantitative estimate of drug-likeness (QED) is 0.683. The molecule has 1 rings (SSSR count). The van der Waals surface area contributed by atoms with Crippen molar-refractivity contribution < 1.29 is 0 Å². The molecular formula is C9H10ClN. The van der Waals surface area contributed by atoms with Crippen LogP contribution in [0.5, 0.6) is 0 Å². The van der Waals surface area contributed by atoms with Crippen molar-refractivity contribution in [1.29, 1.82) is 0 Å². The smallest absolute Gasteiger partial charge is 0.0359 e. The van der Waals surface area contributed by atoms with E-state index in [9.17, 15) is 0 Å². The Morgan fingerprint density at radius 3 is 2.45 bits per heavy atom. The van der Waals surface area contributed by atoms with Crippen molar-refractivity contribution in [3.8, 4) is 0 Å². The Bertz CT molecular complexity index is 228.